The summed E-state index contributed by atoms with van der Waals surface area (Å²) in [7, 11) is 0. The van der Waals surface area contributed by atoms with E-state index in [4.69, 9.17) is 17.3 Å². The molecule has 0 bridgehead atoms. The minimum Gasteiger partial charge on any atom is -0.478 e. The van der Waals surface area contributed by atoms with Crippen LogP contribution in [0.15, 0.2) is 23.0 Å². The SMILES string of the molecule is Cc1c(Cl)ccc(C(=O)O)c1-n1c(N)c2c(cc1=O)C(=O)NC2=O. The molecule has 0 unspecified atom stereocenters. The van der Waals surface area contributed by atoms with Crippen LogP contribution in [-0.4, -0.2) is 27.5 Å². The van der Waals surface area contributed by atoms with E-state index in [1.165, 1.54) is 19.1 Å². The number of carboxylic acid groups (broad SMARTS) is 1. The molecule has 0 atom stereocenters. The number of pyridine rings is 1. The third kappa shape index (κ3) is 2.08. The summed E-state index contributed by atoms with van der Waals surface area (Å²) in [6.07, 6.45) is 0. The Morgan fingerprint density at radius 1 is 1.25 bits per heavy atom. The van der Waals surface area contributed by atoms with Crippen molar-refractivity contribution in [3.8, 4) is 5.69 Å². The van der Waals surface area contributed by atoms with Crippen molar-refractivity contribution in [3.63, 3.8) is 0 Å². The molecule has 0 radical (unpaired) electrons. The van der Waals surface area contributed by atoms with Gasteiger partial charge in [0.2, 0.25) is 0 Å². The van der Waals surface area contributed by atoms with Gasteiger partial charge in [0, 0.05) is 11.1 Å². The number of fused-ring (bicyclic) bond motifs is 1. The Kier molecular flexibility index (Phi) is 3.42. The molecule has 8 nitrogen and oxygen atoms in total. The van der Waals surface area contributed by atoms with Gasteiger partial charge in [-0.15, -0.1) is 0 Å². The molecule has 0 saturated heterocycles. The number of carbonyl (C=O) groups is 3. The van der Waals surface area contributed by atoms with Gasteiger partial charge in [-0.25, -0.2) is 4.79 Å². The van der Waals surface area contributed by atoms with Crippen molar-refractivity contribution in [1.82, 2.24) is 9.88 Å². The fourth-order valence-electron chi connectivity index (χ4n) is 2.65. The topological polar surface area (TPSA) is 131 Å². The Hall–Kier alpha value is -3.13. The van der Waals surface area contributed by atoms with Gasteiger partial charge in [-0.2, -0.15) is 0 Å². The molecule has 0 aliphatic carbocycles. The zero-order chi connectivity index (χ0) is 17.8. The quantitative estimate of drug-likeness (QED) is 0.693. The van der Waals surface area contributed by atoms with Crippen LogP contribution in [0.2, 0.25) is 5.02 Å². The molecule has 1 aromatic carbocycles. The van der Waals surface area contributed by atoms with Crippen LogP contribution in [0.5, 0.6) is 0 Å². The molecule has 1 aliphatic rings. The van der Waals surface area contributed by atoms with E-state index < -0.39 is 23.3 Å². The first-order chi connectivity index (χ1) is 11.2. The number of benzene rings is 1. The van der Waals surface area contributed by atoms with E-state index in [-0.39, 0.29) is 33.2 Å². The number of rotatable bonds is 2. The zero-order valence-electron chi connectivity index (χ0n) is 12.2. The van der Waals surface area contributed by atoms with E-state index in [9.17, 15) is 24.3 Å². The maximum absolute atomic E-state index is 12.4. The highest BCUT2D eigenvalue weighted by molar-refractivity contribution is 6.31. The van der Waals surface area contributed by atoms with Crippen LogP contribution in [0, 0.1) is 6.92 Å². The van der Waals surface area contributed by atoms with Crippen LogP contribution in [0.1, 0.15) is 36.6 Å². The number of nitrogens with one attached hydrogen (secondary N) is 1. The van der Waals surface area contributed by atoms with Gasteiger partial charge < -0.3 is 10.8 Å². The third-order valence-electron chi connectivity index (χ3n) is 3.77. The second kappa shape index (κ2) is 5.20. The number of nitrogens with two attached hydrogens (primary N) is 1. The van der Waals surface area contributed by atoms with Gasteiger partial charge >= 0.3 is 5.97 Å². The van der Waals surface area contributed by atoms with Crippen molar-refractivity contribution < 1.29 is 19.5 Å². The van der Waals surface area contributed by atoms with Crippen molar-refractivity contribution in [2.24, 2.45) is 0 Å². The van der Waals surface area contributed by atoms with Gasteiger partial charge in [-0.05, 0) is 24.6 Å². The van der Waals surface area contributed by atoms with Crippen LogP contribution >= 0.6 is 11.6 Å². The fourth-order valence-corrected chi connectivity index (χ4v) is 2.80. The lowest BCUT2D eigenvalue weighted by Crippen LogP contribution is -2.26. The summed E-state index contributed by atoms with van der Waals surface area (Å²) in [6.45, 7) is 1.52. The molecule has 1 aliphatic heterocycles. The van der Waals surface area contributed by atoms with E-state index in [0.717, 1.165) is 10.6 Å². The molecule has 0 saturated carbocycles. The Bertz CT molecular complexity index is 1010. The first kappa shape index (κ1) is 15.8. The van der Waals surface area contributed by atoms with Crippen LogP contribution in [0.25, 0.3) is 5.69 Å². The van der Waals surface area contributed by atoms with Crippen LogP contribution in [0.3, 0.4) is 0 Å². The normalized spacial score (nSPS) is 12.9. The van der Waals surface area contributed by atoms with Crippen LogP contribution in [0.4, 0.5) is 5.82 Å². The number of halogens is 1. The van der Waals surface area contributed by atoms with Crippen molar-refractivity contribution in [2.75, 3.05) is 5.73 Å². The molecule has 9 heteroatoms. The summed E-state index contributed by atoms with van der Waals surface area (Å²) in [6, 6.07) is 3.56. The number of nitrogens with zero attached hydrogens (tertiary/aromatic N) is 1. The van der Waals surface area contributed by atoms with Gasteiger partial charge in [0.1, 0.15) is 5.82 Å². The van der Waals surface area contributed by atoms with Gasteiger partial charge in [0.05, 0.1) is 22.4 Å². The molecule has 122 valence electrons. The largest absolute Gasteiger partial charge is 0.478 e. The molecule has 4 N–H and O–H groups in total. The van der Waals surface area contributed by atoms with E-state index in [0.29, 0.717) is 5.56 Å². The van der Waals surface area contributed by atoms with Crippen molar-refractivity contribution >= 4 is 35.2 Å². The number of carboxylic acids is 1. The molecular formula is C15H10ClN3O5. The maximum atomic E-state index is 12.4. The van der Waals surface area contributed by atoms with Gasteiger partial charge in [0.25, 0.3) is 17.4 Å². The molecular weight excluding hydrogens is 338 g/mol. The van der Waals surface area contributed by atoms with E-state index in [1.807, 2.05) is 5.32 Å². The molecule has 0 spiro atoms. The zero-order valence-corrected chi connectivity index (χ0v) is 13.0. The Morgan fingerprint density at radius 3 is 2.54 bits per heavy atom. The lowest BCUT2D eigenvalue weighted by atomic mass is 10.1. The van der Waals surface area contributed by atoms with Crippen LogP contribution in [-0.2, 0) is 0 Å². The molecule has 2 heterocycles. The highest BCUT2D eigenvalue weighted by Gasteiger charge is 2.33. The van der Waals surface area contributed by atoms with Gasteiger partial charge in [0.15, 0.2) is 0 Å². The van der Waals surface area contributed by atoms with Crippen molar-refractivity contribution in [2.45, 2.75) is 6.92 Å². The summed E-state index contributed by atoms with van der Waals surface area (Å²) in [4.78, 5) is 47.5. The second-order valence-electron chi connectivity index (χ2n) is 5.15. The van der Waals surface area contributed by atoms with E-state index in [1.54, 1.807) is 0 Å². The minimum atomic E-state index is -1.29. The number of aromatic carboxylic acids is 1. The third-order valence-corrected chi connectivity index (χ3v) is 4.18. The summed E-state index contributed by atoms with van der Waals surface area (Å²) < 4.78 is 0.877. The molecule has 2 aromatic rings. The molecule has 0 fully saturated rings. The lowest BCUT2D eigenvalue weighted by molar-refractivity contribution is 0.0696. The predicted octanol–water partition coefficient (Wildman–Crippen LogP) is 0.963. The maximum Gasteiger partial charge on any atom is 0.337 e. The van der Waals surface area contributed by atoms with Gasteiger partial charge in [-0.1, -0.05) is 11.6 Å². The van der Waals surface area contributed by atoms with Gasteiger partial charge in [-0.3, -0.25) is 24.3 Å². The fraction of sp³-hybridized carbons (Fsp3) is 0.0667. The first-order valence-corrected chi connectivity index (χ1v) is 7.05. The number of hydrogen-bond donors (Lipinski definition) is 3. The Balaban J connectivity index is 2.46. The monoisotopic (exact) mass is 347 g/mol. The number of carbonyl (C=O) groups excluding carboxylic acids is 2. The minimum absolute atomic E-state index is 0.0487. The average Bonchev–Trinajstić information content (AvgIpc) is 2.77. The first-order valence-electron chi connectivity index (χ1n) is 6.68. The Morgan fingerprint density at radius 2 is 1.92 bits per heavy atom. The van der Waals surface area contributed by atoms with E-state index >= 15 is 0 Å². The molecule has 2 amide bonds. The molecule has 1 aromatic heterocycles. The average molecular weight is 348 g/mol. The predicted molar refractivity (Wildman–Crippen MR) is 85.0 cm³/mol. The second-order valence-corrected chi connectivity index (χ2v) is 5.56. The smallest absolute Gasteiger partial charge is 0.337 e. The number of aromatic nitrogens is 1. The standard InChI is InChI=1S/C15H10ClN3O5/c1-5-8(16)3-2-6(15(23)24)11(5)19-9(20)4-7-10(12(19)17)14(22)18-13(7)21/h2-4H,17H2,1H3,(H,23,24)(H,18,21,22). The summed E-state index contributed by atoms with van der Waals surface area (Å²) in [5, 5.41) is 11.6. The number of nitrogen functional groups attached to an aromatic ring is 1. The highest BCUT2D eigenvalue weighted by Crippen LogP contribution is 2.29. The highest BCUT2D eigenvalue weighted by atomic mass is 35.5. The van der Waals surface area contributed by atoms with Crippen molar-refractivity contribution in [1.29, 1.82) is 0 Å². The number of hydrogen-bond acceptors (Lipinski definition) is 5. The summed E-state index contributed by atoms with van der Waals surface area (Å²) in [5.74, 6) is -3.10. The van der Waals surface area contributed by atoms with Crippen LogP contribution < -0.4 is 16.6 Å². The Labute approximate surface area is 139 Å². The molecule has 3 rings (SSSR count). The number of amides is 2. The molecule has 24 heavy (non-hydrogen) atoms. The lowest BCUT2D eigenvalue weighted by Gasteiger charge is -2.17. The number of imide groups is 1. The van der Waals surface area contributed by atoms with Crippen molar-refractivity contribution in [3.05, 3.63) is 55.8 Å². The summed E-state index contributed by atoms with van der Waals surface area (Å²) in [5.41, 5.74) is 4.90. The summed E-state index contributed by atoms with van der Waals surface area (Å²) >= 11 is 6.03. The van der Waals surface area contributed by atoms with E-state index in [2.05, 4.69) is 0 Å². The number of anilines is 1.